The molecule has 0 atom stereocenters. The van der Waals surface area contributed by atoms with Crippen molar-refractivity contribution in [1.29, 1.82) is 0 Å². The number of aromatic nitrogens is 2. The number of ether oxygens (including phenoxy) is 1. The van der Waals surface area contributed by atoms with Crippen LogP contribution in [-0.2, 0) is 13.1 Å². The summed E-state index contributed by atoms with van der Waals surface area (Å²) in [6.07, 6.45) is 0. The maximum atomic E-state index is 12.1. The van der Waals surface area contributed by atoms with E-state index < -0.39 is 0 Å². The highest BCUT2D eigenvalue weighted by Gasteiger charge is 2.13. The summed E-state index contributed by atoms with van der Waals surface area (Å²) in [6.45, 7) is 7.19. The summed E-state index contributed by atoms with van der Waals surface area (Å²) in [7, 11) is 1.54. The number of halogens is 1. The van der Waals surface area contributed by atoms with Crippen molar-refractivity contribution in [3.8, 4) is 5.75 Å². The topological polar surface area (TPSA) is 68.2 Å². The predicted octanol–water partition coefficient (Wildman–Crippen LogP) is 3.50. The van der Waals surface area contributed by atoms with Gasteiger partial charge >= 0.3 is 6.03 Å². The third-order valence-corrected chi connectivity index (χ3v) is 3.90. The Bertz CT molecular complexity index is 712. The van der Waals surface area contributed by atoms with Gasteiger partial charge in [-0.1, -0.05) is 11.6 Å². The number of nitrogens with one attached hydrogen (secondary N) is 2. The number of carbonyl (C=O) groups is 1. The summed E-state index contributed by atoms with van der Waals surface area (Å²) in [5.41, 5.74) is 3.53. The number of carbonyl (C=O) groups excluding carboxylic acids is 1. The Kier molecular flexibility index (Phi) is 5.50. The van der Waals surface area contributed by atoms with E-state index in [2.05, 4.69) is 15.7 Å². The second-order valence-corrected chi connectivity index (χ2v) is 5.55. The second kappa shape index (κ2) is 7.37. The lowest BCUT2D eigenvalue weighted by Crippen LogP contribution is -2.28. The molecule has 1 heterocycles. The number of urea groups is 1. The van der Waals surface area contributed by atoms with E-state index in [0.29, 0.717) is 23.0 Å². The molecule has 0 bridgehead atoms. The monoisotopic (exact) mass is 336 g/mol. The molecule has 0 aliphatic carbocycles. The Morgan fingerprint density at radius 3 is 2.74 bits per heavy atom. The van der Waals surface area contributed by atoms with Gasteiger partial charge in [0, 0.05) is 29.4 Å². The molecule has 0 unspecified atom stereocenters. The first kappa shape index (κ1) is 17.1. The number of benzene rings is 1. The van der Waals surface area contributed by atoms with Crippen LogP contribution in [0.4, 0.5) is 10.5 Å². The quantitative estimate of drug-likeness (QED) is 0.878. The Morgan fingerprint density at radius 2 is 2.13 bits per heavy atom. The number of hydrogen-bond donors (Lipinski definition) is 2. The lowest BCUT2D eigenvalue weighted by molar-refractivity contribution is 0.251. The summed E-state index contributed by atoms with van der Waals surface area (Å²) in [6, 6.07) is 4.73. The zero-order chi connectivity index (χ0) is 17.0. The van der Waals surface area contributed by atoms with E-state index in [9.17, 15) is 4.79 Å². The number of nitrogens with zero attached hydrogens (tertiary/aromatic N) is 2. The average Bonchev–Trinajstić information content (AvgIpc) is 2.79. The van der Waals surface area contributed by atoms with Crippen molar-refractivity contribution < 1.29 is 9.53 Å². The van der Waals surface area contributed by atoms with Crippen LogP contribution in [0.25, 0.3) is 0 Å². The second-order valence-electron chi connectivity index (χ2n) is 5.12. The maximum Gasteiger partial charge on any atom is 0.319 e. The van der Waals surface area contributed by atoms with Crippen molar-refractivity contribution in [3.63, 3.8) is 0 Å². The van der Waals surface area contributed by atoms with E-state index in [0.717, 1.165) is 23.5 Å². The number of aryl methyl sites for hydroxylation is 2. The molecule has 0 fully saturated rings. The summed E-state index contributed by atoms with van der Waals surface area (Å²) < 4.78 is 7.13. The SMILES string of the molecule is CCn1nc(C)c(CNC(=O)Nc2cc(Cl)ccc2OC)c1C. The van der Waals surface area contributed by atoms with Gasteiger partial charge in [0.05, 0.1) is 18.5 Å². The fourth-order valence-electron chi connectivity index (χ4n) is 2.41. The minimum absolute atomic E-state index is 0.325. The number of methoxy groups -OCH3 is 1. The van der Waals surface area contributed by atoms with Gasteiger partial charge in [-0.25, -0.2) is 4.79 Å². The molecule has 7 heteroatoms. The van der Waals surface area contributed by atoms with Gasteiger partial charge in [0.2, 0.25) is 0 Å². The van der Waals surface area contributed by atoms with Gasteiger partial charge in [0.1, 0.15) is 5.75 Å². The van der Waals surface area contributed by atoms with Crippen LogP contribution in [0.15, 0.2) is 18.2 Å². The number of amides is 2. The number of hydrogen-bond acceptors (Lipinski definition) is 3. The van der Waals surface area contributed by atoms with Crippen molar-refractivity contribution >= 4 is 23.3 Å². The van der Waals surface area contributed by atoms with Gasteiger partial charge < -0.3 is 15.4 Å². The number of rotatable bonds is 5. The van der Waals surface area contributed by atoms with E-state index in [1.807, 2.05) is 25.5 Å². The smallest absolute Gasteiger partial charge is 0.319 e. The van der Waals surface area contributed by atoms with Crippen LogP contribution in [0.5, 0.6) is 5.75 Å². The van der Waals surface area contributed by atoms with Crippen molar-refractivity contribution in [3.05, 3.63) is 40.2 Å². The Hall–Kier alpha value is -2.21. The fraction of sp³-hybridized carbons (Fsp3) is 0.375. The molecular weight excluding hydrogens is 316 g/mol. The van der Waals surface area contributed by atoms with Gasteiger partial charge in [-0.3, -0.25) is 4.68 Å². The van der Waals surface area contributed by atoms with Gasteiger partial charge in [0.15, 0.2) is 0 Å². The third-order valence-electron chi connectivity index (χ3n) is 3.67. The van der Waals surface area contributed by atoms with Crippen molar-refractivity contribution in [1.82, 2.24) is 15.1 Å². The maximum absolute atomic E-state index is 12.1. The van der Waals surface area contributed by atoms with Crippen molar-refractivity contribution in [2.24, 2.45) is 0 Å². The van der Waals surface area contributed by atoms with Gasteiger partial charge in [-0.05, 0) is 39.0 Å². The molecule has 0 aliphatic rings. The lowest BCUT2D eigenvalue weighted by Gasteiger charge is -2.11. The van der Waals surface area contributed by atoms with Crippen LogP contribution >= 0.6 is 11.6 Å². The van der Waals surface area contributed by atoms with Gasteiger partial charge in [0.25, 0.3) is 0 Å². The average molecular weight is 337 g/mol. The number of anilines is 1. The normalized spacial score (nSPS) is 10.5. The van der Waals surface area contributed by atoms with E-state index in [4.69, 9.17) is 16.3 Å². The fourth-order valence-corrected chi connectivity index (χ4v) is 2.58. The van der Waals surface area contributed by atoms with E-state index in [1.165, 1.54) is 7.11 Å². The summed E-state index contributed by atoms with van der Waals surface area (Å²) in [4.78, 5) is 12.1. The first-order valence-electron chi connectivity index (χ1n) is 7.37. The van der Waals surface area contributed by atoms with E-state index in [1.54, 1.807) is 18.2 Å². The van der Waals surface area contributed by atoms with Crippen molar-refractivity contribution in [2.75, 3.05) is 12.4 Å². The molecule has 6 nitrogen and oxygen atoms in total. The highest BCUT2D eigenvalue weighted by atomic mass is 35.5. The predicted molar refractivity (Wildman–Crippen MR) is 91.2 cm³/mol. The standard InChI is InChI=1S/C16H21ClN4O2/c1-5-21-11(3)13(10(2)20-21)9-18-16(22)19-14-8-12(17)6-7-15(14)23-4/h6-8H,5,9H2,1-4H3,(H2,18,19,22). The highest BCUT2D eigenvalue weighted by Crippen LogP contribution is 2.27. The molecule has 1 aromatic heterocycles. The largest absolute Gasteiger partial charge is 0.495 e. The molecule has 1 aromatic carbocycles. The summed E-state index contributed by atoms with van der Waals surface area (Å²) in [5.74, 6) is 0.552. The molecule has 2 N–H and O–H groups in total. The Balaban J connectivity index is 2.04. The van der Waals surface area contributed by atoms with Crippen LogP contribution in [0.2, 0.25) is 5.02 Å². The zero-order valence-electron chi connectivity index (χ0n) is 13.7. The molecule has 2 amide bonds. The van der Waals surface area contributed by atoms with Crippen LogP contribution in [-0.4, -0.2) is 22.9 Å². The van der Waals surface area contributed by atoms with E-state index >= 15 is 0 Å². The van der Waals surface area contributed by atoms with Crippen LogP contribution in [0, 0.1) is 13.8 Å². The van der Waals surface area contributed by atoms with Gasteiger partial charge in [-0.15, -0.1) is 0 Å². The molecule has 23 heavy (non-hydrogen) atoms. The van der Waals surface area contributed by atoms with Crippen molar-refractivity contribution in [2.45, 2.75) is 33.9 Å². The third kappa shape index (κ3) is 3.96. The Morgan fingerprint density at radius 1 is 1.39 bits per heavy atom. The molecule has 124 valence electrons. The first-order chi connectivity index (χ1) is 11.0. The molecule has 2 aromatic rings. The minimum atomic E-state index is -0.325. The molecular formula is C16H21ClN4O2. The highest BCUT2D eigenvalue weighted by molar-refractivity contribution is 6.31. The Labute approximate surface area is 140 Å². The van der Waals surface area contributed by atoms with E-state index in [-0.39, 0.29) is 6.03 Å². The van der Waals surface area contributed by atoms with Crippen LogP contribution < -0.4 is 15.4 Å². The lowest BCUT2D eigenvalue weighted by atomic mass is 10.2. The molecule has 0 spiro atoms. The first-order valence-corrected chi connectivity index (χ1v) is 7.75. The summed E-state index contributed by atoms with van der Waals surface area (Å²) in [5, 5.41) is 10.5. The molecule has 0 saturated heterocycles. The zero-order valence-corrected chi connectivity index (χ0v) is 14.5. The molecule has 0 aliphatic heterocycles. The van der Waals surface area contributed by atoms with Crippen LogP contribution in [0.3, 0.4) is 0 Å². The molecule has 0 radical (unpaired) electrons. The minimum Gasteiger partial charge on any atom is -0.495 e. The molecule has 2 rings (SSSR count). The summed E-state index contributed by atoms with van der Waals surface area (Å²) >= 11 is 5.95. The van der Waals surface area contributed by atoms with Crippen LogP contribution in [0.1, 0.15) is 23.9 Å². The van der Waals surface area contributed by atoms with Gasteiger partial charge in [-0.2, -0.15) is 5.10 Å². The molecule has 0 saturated carbocycles.